The molecule has 3 heteroatoms. The lowest BCUT2D eigenvalue weighted by Crippen LogP contribution is -2.42. The Hall–Kier alpha value is -1.51. The molecule has 1 aliphatic rings. The number of carbonyl (C=O) groups excluding carboxylic acids is 1. The molecule has 0 aliphatic carbocycles. The lowest BCUT2D eigenvalue weighted by molar-refractivity contribution is 0.1000. The molecule has 2 rings (SSSR count). The number of hydrogen-bond donors (Lipinski definition) is 1. The zero-order chi connectivity index (χ0) is 12.6. The van der Waals surface area contributed by atoms with Gasteiger partial charge in [-0.3, -0.25) is 4.79 Å². The van der Waals surface area contributed by atoms with Crippen molar-refractivity contribution in [3.05, 3.63) is 29.3 Å². The van der Waals surface area contributed by atoms with Crippen LogP contribution in [0.1, 0.15) is 36.7 Å². The fraction of sp³-hybridized carbons (Fsp3) is 0.500. The van der Waals surface area contributed by atoms with Gasteiger partial charge in [0.2, 0.25) is 5.91 Å². The van der Waals surface area contributed by atoms with Gasteiger partial charge in [0.1, 0.15) is 0 Å². The van der Waals surface area contributed by atoms with E-state index in [1.165, 1.54) is 11.3 Å². The predicted molar refractivity (Wildman–Crippen MR) is 70.3 cm³/mol. The molecule has 0 fully saturated rings. The van der Waals surface area contributed by atoms with Crippen molar-refractivity contribution in [1.82, 2.24) is 0 Å². The fourth-order valence-electron chi connectivity index (χ4n) is 2.68. The molecule has 0 spiro atoms. The molecule has 3 nitrogen and oxygen atoms in total. The molecule has 17 heavy (non-hydrogen) atoms. The summed E-state index contributed by atoms with van der Waals surface area (Å²) in [5, 5.41) is 0. The quantitative estimate of drug-likeness (QED) is 0.849. The average Bonchev–Trinajstić information content (AvgIpc) is 2.30. The van der Waals surface area contributed by atoms with E-state index in [-0.39, 0.29) is 5.91 Å². The van der Waals surface area contributed by atoms with E-state index in [9.17, 15) is 4.79 Å². The summed E-state index contributed by atoms with van der Waals surface area (Å²) in [4.78, 5) is 13.6. The SMILES string of the molecule is CCN1c2ccc(C(N)=O)cc2CC(C)C1C. The fourth-order valence-corrected chi connectivity index (χ4v) is 2.68. The molecule has 0 saturated carbocycles. The van der Waals surface area contributed by atoms with E-state index in [4.69, 9.17) is 5.73 Å². The van der Waals surface area contributed by atoms with Crippen LogP contribution in [0.3, 0.4) is 0 Å². The standard InChI is InChI=1S/C14H20N2O/c1-4-16-10(3)9(2)7-12-8-11(14(15)17)5-6-13(12)16/h5-6,8-10H,4,7H2,1-3H3,(H2,15,17). The second-order valence-corrected chi connectivity index (χ2v) is 4.92. The number of nitrogens with zero attached hydrogens (tertiary/aromatic N) is 1. The van der Waals surface area contributed by atoms with Crippen molar-refractivity contribution in [3.63, 3.8) is 0 Å². The van der Waals surface area contributed by atoms with Gasteiger partial charge < -0.3 is 10.6 Å². The first-order chi connectivity index (χ1) is 8.04. The molecule has 2 unspecified atom stereocenters. The molecule has 0 bridgehead atoms. The predicted octanol–water partition coefficient (Wildman–Crippen LogP) is 2.19. The Morgan fingerprint density at radius 1 is 1.47 bits per heavy atom. The third-order valence-corrected chi connectivity index (χ3v) is 3.87. The van der Waals surface area contributed by atoms with Gasteiger partial charge in [-0.25, -0.2) is 0 Å². The number of carbonyl (C=O) groups is 1. The van der Waals surface area contributed by atoms with Crippen LogP contribution in [0.4, 0.5) is 5.69 Å². The van der Waals surface area contributed by atoms with Crippen molar-refractivity contribution in [1.29, 1.82) is 0 Å². The molecule has 1 amide bonds. The highest BCUT2D eigenvalue weighted by molar-refractivity contribution is 5.93. The highest BCUT2D eigenvalue weighted by Gasteiger charge is 2.27. The van der Waals surface area contributed by atoms with Crippen molar-refractivity contribution in [2.24, 2.45) is 11.7 Å². The lowest BCUT2D eigenvalue weighted by atomic mass is 9.87. The first kappa shape index (κ1) is 12.0. The summed E-state index contributed by atoms with van der Waals surface area (Å²) in [5.41, 5.74) is 8.43. The average molecular weight is 232 g/mol. The third-order valence-electron chi connectivity index (χ3n) is 3.87. The van der Waals surface area contributed by atoms with E-state index in [2.05, 4.69) is 25.7 Å². The van der Waals surface area contributed by atoms with Gasteiger partial charge in [0.05, 0.1) is 0 Å². The van der Waals surface area contributed by atoms with Crippen molar-refractivity contribution in [2.75, 3.05) is 11.4 Å². The van der Waals surface area contributed by atoms with E-state index in [1.54, 1.807) is 0 Å². The van der Waals surface area contributed by atoms with Crippen LogP contribution in [0, 0.1) is 5.92 Å². The molecule has 1 aliphatic heterocycles. The number of primary amides is 1. The number of fused-ring (bicyclic) bond motifs is 1. The minimum Gasteiger partial charge on any atom is -0.369 e. The van der Waals surface area contributed by atoms with Crippen molar-refractivity contribution in [2.45, 2.75) is 33.2 Å². The number of nitrogens with two attached hydrogens (primary N) is 1. The van der Waals surface area contributed by atoms with Gasteiger partial charge in [0, 0.05) is 23.8 Å². The van der Waals surface area contributed by atoms with Gasteiger partial charge in [-0.15, -0.1) is 0 Å². The summed E-state index contributed by atoms with van der Waals surface area (Å²) in [6.45, 7) is 7.68. The number of amides is 1. The summed E-state index contributed by atoms with van der Waals surface area (Å²) in [5.74, 6) is 0.257. The summed E-state index contributed by atoms with van der Waals surface area (Å²) < 4.78 is 0. The van der Waals surface area contributed by atoms with Crippen molar-refractivity contribution >= 4 is 11.6 Å². The topological polar surface area (TPSA) is 46.3 Å². The Labute approximate surface area is 103 Å². The number of hydrogen-bond acceptors (Lipinski definition) is 2. The molecular formula is C14H20N2O. The minimum atomic E-state index is -0.345. The summed E-state index contributed by atoms with van der Waals surface area (Å²) in [7, 11) is 0. The monoisotopic (exact) mass is 232 g/mol. The molecule has 2 atom stereocenters. The molecule has 1 heterocycles. The second kappa shape index (κ2) is 4.40. The highest BCUT2D eigenvalue weighted by atomic mass is 16.1. The summed E-state index contributed by atoms with van der Waals surface area (Å²) >= 11 is 0. The van der Waals surface area contributed by atoms with Gasteiger partial charge >= 0.3 is 0 Å². The largest absolute Gasteiger partial charge is 0.369 e. The number of rotatable bonds is 2. The molecule has 2 N–H and O–H groups in total. The molecule has 1 aromatic carbocycles. The van der Waals surface area contributed by atoms with Crippen LogP contribution >= 0.6 is 0 Å². The maximum Gasteiger partial charge on any atom is 0.248 e. The number of benzene rings is 1. The van der Waals surface area contributed by atoms with Crippen LogP contribution in [0.2, 0.25) is 0 Å². The van der Waals surface area contributed by atoms with Crippen LogP contribution in [-0.4, -0.2) is 18.5 Å². The van der Waals surface area contributed by atoms with Crippen LogP contribution < -0.4 is 10.6 Å². The molecule has 0 aromatic heterocycles. The number of anilines is 1. The first-order valence-electron chi connectivity index (χ1n) is 6.24. The van der Waals surface area contributed by atoms with Crippen LogP contribution in [0.25, 0.3) is 0 Å². The Kier molecular flexibility index (Phi) is 3.09. The molecule has 1 aromatic rings. The maximum atomic E-state index is 11.2. The highest BCUT2D eigenvalue weighted by Crippen LogP contribution is 2.33. The van der Waals surface area contributed by atoms with E-state index in [0.717, 1.165) is 13.0 Å². The van der Waals surface area contributed by atoms with E-state index in [1.807, 2.05) is 18.2 Å². The van der Waals surface area contributed by atoms with E-state index in [0.29, 0.717) is 17.5 Å². The van der Waals surface area contributed by atoms with Crippen molar-refractivity contribution in [3.8, 4) is 0 Å². The van der Waals surface area contributed by atoms with Crippen LogP contribution in [-0.2, 0) is 6.42 Å². The maximum absolute atomic E-state index is 11.2. The first-order valence-corrected chi connectivity index (χ1v) is 6.24. The van der Waals surface area contributed by atoms with Gasteiger partial charge in [0.25, 0.3) is 0 Å². The van der Waals surface area contributed by atoms with E-state index < -0.39 is 0 Å². The van der Waals surface area contributed by atoms with Crippen LogP contribution in [0.15, 0.2) is 18.2 Å². The van der Waals surface area contributed by atoms with Gasteiger partial charge in [0.15, 0.2) is 0 Å². The second-order valence-electron chi connectivity index (χ2n) is 4.92. The zero-order valence-corrected chi connectivity index (χ0v) is 10.7. The normalized spacial score (nSPS) is 23.4. The van der Waals surface area contributed by atoms with Gasteiger partial charge in [-0.1, -0.05) is 6.92 Å². The summed E-state index contributed by atoms with van der Waals surface area (Å²) in [6, 6.07) is 6.35. The Bertz CT molecular complexity index is 442. The van der Waals surface area contributed by atoms with Crippen molar-refractivity contribution < 1.29 is 4.79 Å². The lowest BCUT2D eigenvalue weighted by Gasteiger charge is -2.40. The van der Waals surface area contributed by atoms with Gasteiger partial charge in [-0.2, -0.15) is 0 Å². The molecule has 0 radical (unpaired) electrons. The van der Waals surface area contributed by atoms with Gasteiger partial charge in [-0.05, 0) is 49.9 Å². The Morgan fingerprint density at radius 2 is 2.18 bits per heavy atom. The zero-order valence-electron chi connectivity index (χ0n) is 10.7. The minimum absolute atomic E-state index is 0.345. The molecular weight excluding hydrogens is 212 g/mol. The van der Waals surface area contributed by atoms with E-state index >= 15 is 0 Å². The van der Waals surface area contributed by atoms with Crippen LogP contribution in [0.5, 0.6) is 0 Å². The Morgan fingerprint density at radius 3 is 2.76 bits per heavy atom. The summed E-state index contributed by atoms with van der Waals surface area (Å²) in [6.07, 6.45) is 1.02. The Balaban J connectivity index is 2.46. The third kappa shape index (κ3) is 2.02. The molecule has 0 saturated heterocycles. The smallest absolute Gasteiger partial charge is 0.248 e. The molecule has 92 valence electrons.